The maximum absolute atomic E-state index is 9.90. The molecule has 0 heterocycles. The van der Waals surface area contributed by atoms with Gasteiger partial charge in [-0.25, -0.2) is 0 Å². The molecule has 2 saturated carbocycles. The van der Waals surface area contributed by atoms with Gasteiger partial charge in [0.15, 0.2) is 5.79 Å². The highest BCUT2D eigenvalue weighted by Crippen LogP contribution is 2.55. The highest BCUT2D eigenvalue weighted by molar-refractivity contribution is 5.13. The number of hydrogen-bond donors (Lipinski definition) is 2. The molecule has 2 N–H and O–H groups in total. The highest BCUT2D eigenvalue weighted by Gasteiger charge is 2.69. The largest absolute Gasteiger partial charge is 0.390 e. The molecule has 2 rings (SSSR count). The highest BCUT2D eigenvalue weighted by atomic mass is 16.7. The predicted molar refractivity (Wildman–Crippen MR) is 51.2 cm³/mol. The quantitative estimate of drug-likeness (QED) is 0.617. The van der Waals surface area contributed by atoms with Crippen LogP contribution >= 0.6 is 0 Å². The first-order chi connectivity index (χ1) is 7.12. The zero-order valence-electron chi connectivity index (χ0n) is 9.21. The Morgan fingerprint density at radius 2 is 1.67 bits per heavy atom. The van der Waals surface area contributed by atoms with Crippen LogP contribution in [0, 0.1) is 11.8 Å². The first-order valence-electron chi connectivity index (χ1n) is 5.11. The van der Waals surface area contributed by atoms with Crippen LogP contribution in [0.1, 0.15) is 6.42 Å². The standard InChI is InChI=1S/C10H18O5/c1-13-6-4-5-8(11)9(12)7(6)10(5,14-2)15-3/h5-9,11-12H,4H2,1-3H3/t5-,6-,7+,8-,9+/m0/s1. The van der Waals surface area contributed by atoms with Crippen LogP contribution in [0.2, 0.25) is 0 Å². The lowest BCUT2D eigenvalue weighted by Gasteiger charge is -2.32. The van der Waals surface area contributed by atoms with Crippen molar-refractivity contribution in [2.75, 3.05) is 21.3 Å². The molecule has 2 bridgehead atoms. The van der Waals surface area contributed by atoms with Gasteiger partial charge in [0.2, 0.25) is 0 Å². The number of ether oxygens (including phenoxy) is 3. The van der Waals surface area contributed by atoms with E-state index in [2.05, 4.69) is 0 Å². The molecule has 2 fully saturated rings. The van der Waals surface area contributed by atoms with Crippen molar-refractivity contribution in [3.63, 3.8) is 0 Å². The maximum atomic E-state index is 9.90. The van der Waals surface area contributed by atoms with Crippen molar-refractivity contribution in [2.24, 2.45) is 11.8 Å². The summed E-state index contributed by atoms with van der Waals surface area (Å²) in [5.41, 5.74) is 0. The topological polar surface area (TPSA) is 68.2 Å². The molecule has 88 valence electrons. The molecule has 0 aromatic rings. The fourth-order valence-electron chi connectivity index (χ4n) is 3.25. The van der Waals surface area contributed by atoms with E-state index in [0.717, 1.165) is 0 Å². The number of methoxy groups -OCH3 is 3. The van der Waals surface area contributed by atoms with Crippen molar-refractivity contribution in [2.45, 2.75) is 30.5 Å². The van der Waals surface area contributed by atoms with Crippen molar-refractivity contribution in [1.29, 1.82) is 0 Å². The van der Waals surface area contributed by atoms with Gasteiger partial charge < -0.3 is 24.4 Å². The van der Waals surface area contributed by atoms with E-state index < -0.39 is 18.0 Å². The summed E-state index contributed by atoms with van der Waals surface area (Å²) in [6.45, 7) is 0. The summed E-state index contributed by atoms with van der Waals surface area (Å²) < 4.78 is 16.1. The summed E-state index contributed by atoms with van der Waals surface area (Å²) in [4.78, 5) is 0. The van der Waals surface area contributed by atoms with Crippen LogP contribution in [0.4, 0.5) is 0 Å². The predicted octanol–water partition coefficient (Wildman–Crippen LogP) is -0.638. The van der Waals surface area contributed by atoms with E-state index in [1.165, 1.54) is 14.2 Å². The second-order valence-corrected chi connectivity index (χ2v) is 4.25. The van der Waals surface area contributed by atoms with E-state index in [0.29, 0.717) is 6.42 Å². The van der Waals surface area contributed by atoms with E-state index in [1.54, 1.807) is 7.11 Å². The molecular formula is C10H18O5. The van der Waals surface area contributed by atoms with Crippen LogP contribution in [-0.4, -0.2) is 55.6 Å². The Labute approximate surface area is 88.9 Å². The zero-order valence-corrected chi connectivity index (χ0v) is 9.21. The first kappa shape index (κ1) is 11.3. The van der Waals surface area contributed by atoms with E-state index in [1.807, 2.05) is 0 Å². The number of fused-ring (bicyclic) bond motifs is 2. The third-order valence-corrected chi connectivity index (χ3v) is 3.94. The lowest BCUT2D eigenvalue weighted by atomic mass is 9.92. The molecule has 5 nitrogen and oxygen atoms in total. The third kappa shape index (κ3) is 1.21. The summed E-state index contributed by atoms with van der Waals surface area (Å²) in [7, 11) is 4.67. The lowest BCUT2D eigenvalue weighted by Crippen LogP contribution is -2.44. The Morgan fingerprint density at radius 1 is 1.07 bits per heavy atom. The van der Waals surface area contributed by atoms with Gasteiger partial charge in [-0.1, -0.05) is 0 Å². The van der Waals surface area contributed by atoms with Gasteiger partial charge in [-0.3, -0.25) is 0 Å². The Kier molecular flexibility index (Phi) is 2.77. The van der Waals surface area contributed by atoms with E-state index in [-0.39, 0.29) is 17.9 Å². The molecule has 0 aromatic carbocycles. The molecule has 2 aliphatic carbocycles. The monoisotopic (exact) mass is 218 g/mol. The zero-order chi connectivity index (χ0) is 11.2. The van der Waals surface area contributed by atoms with Gasteiger partial charge in [0, 0.05) is 27.2 Å². The Morgan fingerprint density at radius 3 is 2.07 bits per heavy atom. The number of hydrogen-bond acceptors (Lipinski definition) is 5. The van der Waals surface area contributed by atoms with E-state index in [9.17, 15) is 10.2 Å². The van der Waals surface area contributed by atoms with Gasteiger partial charge in [-0.05, 0) is 6.42 Å². The number of aliphatic hydroxyl groups excluding tert-OH is 2. The minimum Gasteiger partial charge on any atom is -0.390 e. The molecule has 0 unspecified atom stereocenters. The molecular weight excluding hydrogens is 200 g/mol. The molecule has 0 radical (unpaired) electrons. The average molecular weight is 218 g/mol. The van der Waals surface area contributed by atoms with Crippen LogP contribution in [0.5, 0.6) is 0 Å². The summed E-state index contributed by atoms with van der Waals surface area (Å²) in [5.74, 6) is -1.45. The first-order valence-corrected chi connectivity index (χ1v) is 5.11. The van der Waals surface area contributed by atoms with Gasteiger partial charge in [-0.15, -0.1) is 0 Å². The molecule has 5 heteroatoms. The van der Waals surface area contributed by atoms with Gasteiger partial charge in [-0.2, -0.15) is 0 Å². The summed E-state index contributed by atoms with van der Waals surface area (Å²) in [6.07, 6.45) is -1.09. The fourth-order valence-corrected chi connectivity index (χ4v) is 3.25. The minimum absolute atomic E-state index is 0.117. The van der Waals surface area contributed by atoms with Crippen molar-refractivity contribution in [1.82, 2.24) is 0 Å². The smallest absolute Gasteiger partial charge is 0.180 e. The number of rotatable bonds is 3. The summed E-state index contributed by atoms with van der Waals surface area (Å²) >= 11 is 0. The van der Waals surface area contributed by atoms with Gasteiger partial charge in [0.25, 0.3) is 0 Å². The fraction of sp³-hybridized carbons (Fsp3) is 1.00. The van der Waals surface area contributed by atoms with Crippen LogP contribution in [0.3, 0.4) is 0 Å². The number of aliphatic hydroxyl groups is 2. The van der Waals surface area contributed by atoms with Gasteiger partial charge in [0.1, 0.15) is 0 Å². The lowest BCUT2D eigenvalue weighted by molar-refractivity contribution is -0.247. The van der Waals surface area contributed by atoms with Crippen molar-refractivity contribution in [3.8, 4) is 0 Å². The summed E-state index contributed by atoms with van der Waals surface area (Å²) in [5, 5.41) is 19.7. The SMILES string of the molecule is CO[C@H]1C[C@H]2[C@H](O)[C@H](O)[C@@H]1C2(OC)OC. The van der Waals surface area contributed by atoms with Gasteiger partial charge >= 0.3 is 0 Å². The Balaban J connectivity index is 2.34. The Bertz CT molecular complexity index is 238. The molecule has 0 aliphatic heterocycles. The van der Waals surface area contributed by atoms with Crippen molar-refractivity contribution >= 4 is 0 Å². The second-order valence-electron chi connectivity index (χ2n) is 4.25. The molecule has 0 aromatic heterocycles. The summed E-state index contributed by atoms with van der Waals surface area (Å²) in [6, 6.07) is 0. The van der Waals surface area contributed by atoms with E-state index >= 15 is 0 Å². The van der Waals surface area contributed by atoms with Crippen molar-refractivity contribution < 1.29 is 24.4 Å². The van der Waals surface area contributed by atoms with Crippen molar-refractivity contribution in [3.05, 3.63) is 0 Å². The van der Waals surface area contributed by atoms with Gasteiger partial charge in [0.05, 0.1) is 24.2 Å². The second kappa shape index (κ2) is 3.68. The normalized spacial score (nSPS) is 47.4. The molecule has 15 heavy (non-hydrogen) atoms. The third-order valence-electron chi connectivity index (χ3n) is 3.94. The molecule has 0 spiro atoms. The van der Waals surface area contributed by atoms with Crippen LogP contribution in [0.25, 0.3) is 0 Å². The average Bonchev–Trinajstić information content (AvgIpc) is 2.69. The minimum atomic E-state index is -0.903. The maximum Gasteiger partial charge on any atom is 0.180 e. The van der Waals surface area contributed by atoms with E-state index in [4.69, 9.17) is 14.2 Å². The molecule has 2 aliphatic rings. The molecule has 0 saturated heterocycles. The Hall–Kier alpha value is -0.200. The molecule has 5 atom stereocenters. The molecule has 0 amide bonds. The van der Waals surface area contributed by atoms with Crippen LogP contribution < -0.4 is 0 Å². The van der Waals surface area contributed by atoms with Crippen LogP contribution in [-0.2, 0) is 14.2 Å². The van der Waals surface area contributed by atoms with Crippen LogP contribution in [0.15, 0.2) is 0 Å².